The molecule has 3 atom stereocenters. The summed E-state index contributed by atoms with van der Waals surface area (Å²) in [4.78, 5) is 7.51. The van der Waals surface area contributed by atoms with Gasteiger partial charge in [0.25, 0.3) is 0 Å². The van der Waals surface area contributed by atoms with Gasteiger partial charge < -0.3 is 4.90 Å². The van der Waals surface area contributed by atoms with E-state index < -0.39 is 0 Å². The largest absolute Gasteiger partial charge is 0.302 e. The fraction of sp³-hybridized carbons (Fsp3) is 0.737. The third kappa shape index (κ3) is 3.01. The fourth-order valence-electron chi connectivity index (χ4n) is 3.68. The quantitative estimate of drug-likeness (QED) is 0.785. The molecule has 0 N–H and O–H groups in total. The van der Waals surface area contributed by atoms with E-state index in [0.29, 0.717) is 29.7 Å². The van der Waals surface area contributed by atoms with Crippen molar-refractivity contribution in [3.05, 3.63) is 28.6 Å². The van der Waals surface area contributed by atoms with Crippen molar-refractivity contribution in [2.24, 2.45) is 5.92 Å². The highest BCUT2D eigenvalue weighted by atomic mass is 15.1. The molecule has 1 aromatic heterocycles. The Morgan fingerprint density at radius 1 is 1.19 bits per heavy atom. The highest BCUT2D eigenvalue weighted by molar-refractivity contribution is 5.41. The minimum Gasteiger partial charge on any atom is -0.302 e. The minimum atomic E-state index is 0.492. The van der Waals surface area contributed by atoms with Gasteiger partial charge in [-0.3, -0.25) is 4.98 Å². The first-order valence-corrected chi connectivity index (χ1v) is 8.45. The van der Waals surface area contributed by atoms with Crippen molar-refractivity contribution in [3.8, 4) is 0 Å². The standard InChI is InChI=1S/C19H32N2/c1-11(2)16-9-13(5)20-19-14(6)15(7)21(8)10-17(12(3)4)18(16)19/h9,11-12,14-15,17H,10H2,1-8H3/t14-,15+,17?/m0/s1. The van der Waals surface area contributed by atoms with Crippen LogP contribution in [0.5, 0.6) is 0 Å². The molecule has 0 fully saturated rings. The molecule has 2 heterocycles. The van der Waals surface area contributed by atoms with Crippen molar-refractivity contribution < 1.29 is 0 Å². The zero-order valence-electron chi connectivity index (χ0n) is 15.1. The van der Waals surface area contributed by atoms with Crippen LogP contribution in [-0.4, -0.2) is 29.5 Å². The molecule has 0 saturated carbocycles. The summed E-state index contributed by atoms with van der Waals surface area (Å²) >= 11 is 0. The monoisotopic (exact) mass is 288 g/mol. The molecular weight excluding hydrogens is 256 g/mol. The summed E-state index contributed by atoms with van der Waals surface area (Å²) in [5.74, 6) is 2.28. The molecule has 118 valence electrons. The lowest BCUT2D eigenvalue weighted by molar-refractivity contribution is 0.216. The highest BCUT2D eigenvalue weighted by Gasteiger charge is 2.34. The van der Waals surface area contributed by atoms with E-state index in [1.54, 1.807) is 5.56 Å². The van der Waals surface area contributed by atoms with Crippen LogP contribution >= 0.6 is 0 Å². The SMILES string of the molecule is Cc1cc(C(C)C)c2c(n1)[C@@H](C)[C@@H](C)N(C)CC2C(C)C. The number of fused-ring (bicyclic) bond motifs is 1. The summed E-state index contributed by atoms with van der Waals surface area (Å²) in [6.07, 6.45) is 0. The first-order valence-electron chi connectivity index (χ1n) is 8.45. The van der Waals surface area contributed by atoms with Crippen LogP contribution in [0.15, 0.2) is 6.07 Å². The van der Waals surface area contributed by atoms with Crippen LogP contribution in [0.25, 0.3) is 0 Å². The second-order valence-electron chi connectivity index (χ2n) is 7.63. The molecule has 0 saturated heterocycles. The number of nitrogens with zero attached hydrogens (tertiary/aromatic N) is 2. The summed E-state index contributed by atoms with van der Waals surface area (Å²) in [6, 6.07) is 2.86. The Balaban J connectivity index is 2.71. The minimum absolute atomic E-state index is 0.492. The Bertz CT molecular complexity index is 505. The van der Waals surface area contributed by atoms with Gasteiger partial charge in [-0.1, -0.05) is 34.6 Å². The lowest BCUT2D eigenvalue weighted by atomic mass is 9.80. The highest BCUT2D eigenvalue weighted by Crippen LogP contribution is 2.41. The molecule has 0 radical (unpaired) electrons. The van der Waals surface area contributed by atoms with E-state index in [4.69, 9.17) is 4.98 Å². The van der Waals surface area contributed by atoms with Gasteiger partial charge in [0.2, 0.25) is 0 Å². The second-order valence-corrected chi connectivity index (χ2v) is 7.63. The van der Waals surface area contributed by atoms with Crippen molar-refractivity contribution in [2.75, 3.05) is 13.6 Å². The molecular formula is C19H32N2. The summed E-state index contributed by atoms with van der Waals surface area (Å²) in [5.41, 5.74) is 5.60. The number of hydrogen-bond donors (Lipinski definition) is 0. The van der Waals surface area contributed by atoms with Gasteiger partial charge in [-0.25, -0.2) is 0 Å². The number of rotatable bonds is 2. The van der Waals surface area contributed by atoms with Gasteiger partial charge >= 0.3 is 0 Å². The molecule has 0 bridgehead atoms. The Kier molecular flexibility index (Phi) is 4.77. The molecule has 21 heavy (non-hydrogen) atoms. The van der Waals surface area contributed by atoms with Crippen molar-refractivity contribution in [1.29, 1.82) is 0 Å². The molecule has 1 aromatic rings. The molecule has 2 nitrogen and oxygen atoms in total. The summed E-state index contributed by atoms with van der Waals surface area (Å²) in [5, 5.41) is 0. The molecule has 1 aliphatic heterocycles. The van der Waals surface area contributed by atoms with Crippen LogP contribution in [-0.2, 0) is 0 Å². The Morgan fingerprint density at radius 2 is 1.81 bits per heavy atom. The van der Waals surface area contributed by atoms with Crippen LogP contribution in [0.4, 0.5) is 0 Å². The van der Waals surface area contributed by atoms with Crippen molar-refractivity contribution >= 4 is 0 Å². The number of likely N-dealkylation sites (N-methyl/N-ethyl adjacent to an activating group) is 1. The maximum absolute atomic E-state index is 4.99. The zero-order chi connectivity index (χ0) is 15.9. The van der Waals surface area contributed by atoms with Gasteiger partial charge in [-0.05, 0) is 49.9 Å². The first-order chi connectivity index (χ1) is 9.73. The van der Waals surface area contributed by atoms with Crippen LogP contribution in [0.3, 0.4) is 0 Å². The molecule has 1 unspecified atom stereocenters. The van der Waals surface area contributed by atoms with Crippen molar-refractivity contribution in [3.63, 3.8) is 0 Å². The summed E-state index contributed by atoms with van der Waals surface area (Å²) in [7, 11) is 2.27. The van der Waals surface area contributed by atoms with Gasteiger partial charge in [-0.2, -0.15) is 0 Å². The van der Waals surface area contributed by atoms with E-state index in [0.717, 1.165) is 6.54 Å². The fourth-order valence-corrected chi connectivity index (χ4v) is 3.68. The van der Waals surface area contributed by atoms with E-state index >= 15 is 0 Å². The lowest BCUT2D eigenvalue weighted by Crippen LogP contribution is -2.34. The van der Waals surface area contributed by atoms with Gasteiger partial charge in [0.1, 0.15) is 0 Å². The predicted molar refractivity (Wildman–Crippen MR) is 91.1 cm³/mol. The smallest absolute Gasteiger partial charge is 0.0488 e. The molecule has 2 heteroatoms. The van der Waals surface area contributed by atoms with E-state index in [1.165, 1.54) is 17.0 Å². The third-order valence-electron chi connectivity index (χ3n) is 5.38. The van der Waals surface area contributed by atoms with Crippen LogP contribution < -0.4 is 0 Å². The normalized spacial score (nSPS) is 27.0. The predicted octanol–water partition coefficient (Wildman–Crippen LogP) is 4.69. The van der Waals surface area contributed by atoms with E-state index in [2.05, 4.69) is 66.5 Å². The first kappa shape index (κ1) is 16.5. The van der Waals surface area contributed by atoms with Gasteiger partial charge in [0.15, 0.2) is 0 Å². The zero-order valence-corrected chi connectivity index (χ0v) is 15.1. The number of hydrogen-bond acceptors (Lipinski definition) is 2. The second kappa shape index (κ2) is 6.08. The van der Waals surface area contributed by atoms with E-state index in [1.807, 2.05) is 0 Å². The number of pyridine rings is 1. The average Bonchev–Trinajstić information content (AvgIpc) is 2.49. The maximum atomic E-state index is 4.99. The van der Waals surface area contributed by atoms with E-state index in [-0.39, 0.29) is 0 Å². The maximum Gasteiger partial charge on any atom is 0.0488 e. The molecule has 0 amide bonds. The van der Waals surface area contributed by atoms with Gasteiger partial charge in [-0.15, -0.1) is 0 Å². The number of aromatic nitrogens is 1. The Hall–Kier alpha value is -0.890. The lowest BCUT2D eigenvalue weighted by Gasteiger charge is -2.29. The molecule has 0 aliphatic carbocycles. The third-order valence-corrected chi connectivity index (χ3v) is 5.38. The van der Waals surface area contributed by atoms with Gasteiger partial charge in [0.05, 0.1) is 0 Å². The summed E-state index contributed by atoms with van der Waals surface area (Å²) < 4.78 is 0. The summed E-state index contributed by atoms with van der Waals surface area (Å²) in [6.45, 7) is 17.3. The topological polar surface area (TPSA) is 16.1 Å². The molecule has 0 aromatic carbocycles. The Labute approximate surface area is 131 Å². The average molecular weight is 288 g/mol. The molecule has 2 rings (SSSR count). The molecule has 1 aliphatic rings. The van der Waals surface area contributed by atoms with Crippen molar-refractivity contribution in [1.82, 2.24) is 9.88 Å². The van der Waals surface area contributed by atoms with Crippen molar-refractivity contribution in [2.45, 2.75) is 72.3 Å². The Morgan fingerprint density at radius 3 is 2.33 bits per heavy atom. The van der Waals surface area contributed by atoms with Crippen LogP contribution in [0.1, 0.15) is 81.8 Å². The molecule has 0 spiro atoms. The van der Waals surface area contributed by atoms with E-state index in [9.17, 15) is 0 Å². The van der Waals surface area contributed by atoms with Gasteiger partial charge in [0, 0.05) is 35.8 Å². The number of aryl methyl sites for hydroxylation is 1. The van der Waals surface area contributed by atoms with Crippen LogP contribution in [0.2, 0.25) is 0 Å². The van der Waals surface area contributed by atoms with Crippen LogP contribution in [0, 0.1) is 12.8 Å².